The Morgan fingerprint density at radius 2 is 0.720 bits per heavy atom. The van der Waals surface area contributed by atoms with Gasteiger partial charge < -0.3 is 0 Å². The van der Waals surface area contributed by atoms with Crippen LogP contribution in [-0.4, -0.2) is 58.2 Å². The zero-order valence-corrected chi connectivity index (χ0v) is 18.0. The molecule has 0 heterocycles. The number of hydrogen-bond acceptors (Lipinski definition) is 8. The maximum absolute atomic E-state index is 10.2. The highest BCUT2D eigenvalue weighted by molar-refractivity contribution is 7.94. The van der Waals surface area contributed by atoms with Gasteiger partial charge in [0.15, 0.2) is 39.3 Å². The largest absolute Gasteiger partial charge is 0.225 e. The second kappa shape index (κ2) is 14.0. The molecule has 0 amide bonds. The first kappa shape index (κ1) is 31.5. The predicted octanol–water partition coefficient (Wildman–Crippen LogP) is 1.09. The Balaban J connectivity index is -0.000000118. The molecule has 0 aromatic heterocycles. The van der Waals surface area contributed by atoms with E-state index in [1.54, 1.807) is 6.92 Å². The minimum atomic E-state index is -2.90. The maximum Gasteiger partial charge on any atom is 0.170 e. The van der Waals surface area contributed by atoms with Crippen molar-refractivity contribution >= 4 is 39.3 Å². The number of rotatable bonds is 5. The monoisotopic (exact) mass is 438 g/mol. The normalized spacial score (nSPS) is 10.9. The van der Waals surface area contributed by atoms with Crippen molar-refractivity contribution in [2.45, 2.75) is 6.92 Å². The van der Waals surface area contributed by atoms with Gasteiger partial charge in [-0.1, -0.05) is 33.2 Å². The molecule has 0 unspecified atom stereocenters. The van der Waals surface area contributed by atoms with Crippen LogP contribution >= 0.6 is 0 Å². The summed E-state index contributed by atoms with van der Waals surface area (Å²) < 4.78 is 79.8. The molecule has 0 aromatic rings. The molecular weight excluding hydrogens is 412 g/mol. The van der Waals surface area contributed by atoms with Crippen LogP contribution in [0.1, 0.15) is 6.92 Å². The lowest BCUT2D eigenvalue weighted by Gasteiger charge is -1.84. The zero-order chi connectivity index (χ0) is 21.5. The standard InChI is InChI=1S/C4H8O2S.3C3H6O2S/c1-3-7(5,6)4-2;3*1-3-6(2,4)5/h3H,1,4H2,2H3;3*3H,1H2,2H3. The van der Waals surface area contributed by atoms with Crippen LogP contribution in [0.25, 0.3) is 0 Å². The summed E-state index contributed by atoms with van der Waals surface area (Å²) in [6, 6.07) is 0. The summed E-state index contributed by atoms with van der Waals surface area (Å²) in [5.74, 6) is 0.149. The Hall–Kier alpha value is -1.24. The van der Waals surface area contributed by atoms with Gasteiger partial charge in [0, 0.05) is 40.4 Å². The first-order chi connectivity index (χ1) is 10.8. The van der Waals surface area contributed by atoms with E-state index < -0.39 is 39.3 Å². The Morgan fingerprint density at radius 3 is 0.720 bits per heavy atom. The highest BCUT2D eigenvalue weighted by atomic mass is 32.2. The molecule has 0 atom stereocenters. The van der Waals surface area contributed by atoms with Gasteiger partial charge in [0.05, 0.1) is 5.75 Å². The molecule has 0 radical (unpaired) electrons. The molecule has 0 aliphatic carbocycles. The van der Waals surface area contributed by atoms with E-state index in [-0.39, 0.29) is 5.75 Å². The minimum Gasteiger partial charge on any atom is -0.225 e. The lowest BCUT2D eigenvalue weighted by Crippen LogP contribution is -1.95. The third-order valence-corrected chi connectivity index (χ3v) is 4.69. The molecule has 8 nitrogen and oxygen atoms in total. The van der Waals surface area contributed by atoms with Crippen molar-refractivity contribution in [3.8, 4) is 0 Å². The second-order valence-electron chi connectivity index (χ2n) is 4.11. The van der Waals surface area contributed by atoms with Gasteiger partial charge in [-0.3, -0.25) is 0 Å². The van der Waals surface area contributed by atoms with Crippen LogP contribution in [-0.2, 0) is 39.3 Å². The summed E-state index contributed by atoms with van der Waals surface area (Å²) in [4.78, 5) is 0. The van der Waals surface area contributed by atoms with E-state index >= 15 is 0 Å². The maximum atomic E-state index is 10.2. The molecule has 12 heteroatoms. The Labute approximate surface area is 152 Å². The van der Waals surface area contributed by atoms with Crippen LogP contribution in [0.4, 0.5) is 0 Å². The number of sulfone groups is 4. The summed E-state index contributed by atoms with van der Waals surface area (Å²) in [6.45, 7) is 13.8. The molecule has 0 aliphatic heterocycles. The van der Waals surface area contributed by atoms with Gasteiger partial charge >= 0.3 is 0 Å². The van der Waals surface area contributed by atoms with Crippen LogP contribution < -0.4 is 0 Å². The van der Waals surface area contributed by atoms with Crippen LogP contribution in [0, 0.1) is 0 Å². The molecule has 0 bridgehead atoms. The van der Waals surface area contributed by atoms with Crippen molar-refractivity contribution in [2.24, 2.45) is 0 Å². The Bertz CT molecular complexity index is 707. The molecule has 0 aromatic carbocycles. The fourth-order valence-corrected chi connectivity index (χ4v) is 0.354. The number of hydrogen-bond donors (Lipinski definition) is 0. The molecule has 0 fully saturated rings. The van der Waals surface area contributed by atoms with E-state index in [4.69, 9.17) is 0 Å². The van der Waals surface area contributed by atoms with Gasteiger partial charge in [0.1, 0.15) is 0 Å². The Morgan fingerprint density at radius 1 is 0.560 bits per heavy atom. The highest BCUT2D eigenvalue weighted by Crippen LogP contribution is 1.85. The first-order valence-electron chi connectivity index (χ1n) is 6.13. The smallest absolute Gasteiger partial charge is 0.170 e. The molecule has 25 heavy (non-hydrogen) atoms. The first-order valence-corrected chi connectivity index (χ1v) is 13.7. The van der Waals surface area contributed by atoms with Crippen molar-refractivity contribution in [3.05, 3.63) is 47.9 Å². The molecule has 0 spiro atoms. The van der Waals surface area contributed by atoms with Gasteiger partial charge in [-0.2, -0.15) is 0 Å². The summed E-state index contributed by atoms with van der Waals surface area (Å²) in [5, 5.41) is 3.69. The van der Waals surface area contributed by atoms with E-state index in [9.17, 15) is 33.7 Å². The van der Waals surface area contributed by atoms with Gasteiger partial charge in [-0.05, 0) is 0 Å². The third-order valence-electron chi connectivity index (χ3n) is 1.56. The summed E-state index contributed by atoms with van der Waals surface area (Å²) in [6.07, 6.45) is 3.29. The quantitative estimate of drug-likeness (QED) is 0.622. The van der Waals surface area contributed by atoms with E-state index in [1.807, 2.05) is 0 Å². The Kier molecular flexibility index (Phi) is 17.6. The third kappa shape index (κ3) is 51.8. The van der Waals surface area contributed by atoms with Gasteiger partial charge in [0.2, 0.25) is 0 Å². The van der Waals surface area contributed by atoms with Crippen molar-refractivity contribution in [3.63, 3.8) is 0 Å². The van der Waals surface area contributed by atoms with Gasteiger partial charge in [-0.15, -0.1) is 0 Å². The van der Waals surface area contributed by atoms with E-state index in [0.29, 0.717) is 0 Å². The SMILES string of the molecule is C=CS(=O)(=O)CC.C=CS(C)(=O)=O.C=CS(C)(=O)=O.C=CS(C)(=O)=O. The second-order valence-corrected chi connectivity index (χ2v) is 12.3. The molecule has 0 N–H and O–H groups in total. The fourth-order valence-electron chi connectivity index (χ4n) is 0.118. The van der Waals surface area contributed by atoms with Crippen molar-refractivity contribution in [1.82, 2.24) is 0 Å². The molecule has 150 valence electrons. The average molecular weight is 439 g/mol. The van der Waals surface area contributed by atoms with Crippen LogP contribution in [0.15, 0.2) is 47.9 Å². The van der Waals surface area contributed by atoms with Crippen LogP contribution in [0.5, 0.6) is 0 Å². The molecule has 0 rings (SSSR count). The summed E-state index contributed by atoms with van der Waals surface area (Å²) >= 11 is 0. The molecule has 0 saturated heterocycles. The topological polar surface area (TPSA) is 137 Å². The summed E-state index contributed by atoms with van der Waals surface area (Å²) in [7, 11) is -11.6. The van der Waals surface area contributed by atoms with Crippen molar-refractivity contribution in [1.29, 1.82) is 0 Å². The average Bonchev–Trinajstić information content (AvgIpc) is 2.47. The van der Waals surface area contributed by atoms with E-state index in [2.05, 4.69) is 26.3 Å². The minimum absolute atomic E-state index is 0.149. The van der Waals surface area contributed by atoms with Crippen LogP contribution in [0.2, 0.25) is 0 Å². The van der Waals surface area contributed by atoms with Gasteiger partial charge in [-0.25, -0.2) is 33.7 Å². The van der Waals surface area contributed by atoms with Gasteiger partial charge in [0.25, 0.3) is 0 Å². The van der Waals surface area contributed by atoms with Crippen LogP contribution in [0.3, 0.4) is 0 Å². The lowest BCUT2D eigenvalue weighted by molar-refractivity contribution is 0.605. The van der Waals surface area contributed by atoms with Crippen molar-refractivity contribution < 1.29 is 33.7 Å². The van der Waals surface area contributed by atoms with Crippen molar-refractivity contribution in [2.75, 3.05) is 24.5 Å². The molecular formula is C13H26O8S4. The van der Waals surface area contributed by atoms with E-state index in [0.717, 1.165) is 40.4 Å². The summed E-state index contributed by atoms with van der Waals surface area (Å²) in [5.41, 5.74) is 0. The highest BCUT2D eigenvalue weighted by Gasteiger charge is 1.95. The fraction of sp³-hybridized carbons (Fsp3) is 0.385. The molecule has 0 saturated carbocycles. The zero-order valence-electron chi connectivity index (χ0n) is 14.7. The van der Waals surface area contributed by atoms with E-state index in [1.165, 1.54) is 0 Å². The molecule has 0 aliphatic rings. The predicted molar refractivity (Wildman–Crippen MR) is 105 cm³/mol. The lowest BCUT2D eigenvalue weighted by atomic mass is 11.0.